The number of nitrogens with one attached hydrogen (secondary N) is 2. The van der Waals surface area contributed by atoms with Crippen LogP contribution in [0.2, 0.25) is 5.02 Å². The third-order valence-corrected chi connectivity index (χ3v) is 6.37. The molecule has 2 heterocycles. The van der Waals surface area contributed by atoms with Gasteiger partial charge in [0.15, 0.2) is 4.77 Å². The number of carbonyl (C=O) groups excluding carboxylic acids is 1. The van der Waals surface area contributed by atoms with Crippen molar-refractivity contribution in [2.24, 2.45) is 0 Å². The molecule has 4 rings (SSSR count). The summed E-state index contributed by atoms with van der Waals surface area (Å²) >= 11 is 11.2. The molecule has 32 heavy (non-hydrogen) atoms. The summed E-state index contributed by atoms with van der Waals surface area (Å²) in [6.45, 7) is 6.71. The summed E-state index contributed by atoms with van der Waals surface area (Å²) in [5, 5.41) is 4.37. The number of piperidine rings is 1. The number of carbonyl (C=O) groups is 1. The van der Waals surface area contributed by atoms with E-state index >= 15 is 0 Å². The predicted molar refractivity (Wildman–Crippen MR) is 131 cm³/mol. The molecule has 1 aliphatic heterocycles. The van der Waals surface area contributed by atoms with E-state index < -0.39 is 0 Å². The number of hydrogen-bond donors (Lipinski definition) is 2. The van der Waals surface area contributed by atoms with Gasteiger partial charge in [-0.2, -0.15) is 0 Å². The zero-order valence-electron chi connectivity index (χ0n) is 17.6. The van der Waals surface area contributed by atoms with Gasteiger partial charge in [-0.3, -0.25) is 19.1 Å². The standard InChI is InChI=1S/C24H25ClN4O2S/c1-2-11-29-23(31)20-8-5-17(14-21(20)27-24(29)32)22(30)26-19-9-12-28(13-10-19)15-16-3-6-18(25)7-4-16/h2-8,14,19H,1,9-13,15H2,(H,26,30)(H,27,32). The van der Waals surface area contributed by atoms with Crippen molar-refractivity contribution in [3.05, 3.63) is 86.4 Å². The minimum Gasteiger partial charge on any atom is -0.349 e. The monoisotopic (exact) mass is 468 g/mol. The first kappa shape index (κ1) is 22.5. The number of aromatic amines is 1. The molecule has 1 aromatic heterocycles. The first-order valence-corrected chi connectivity index (χ1v) is 11.4. The molecule has 166 valence electrons. The number of rotatable bonds is 6. The molecule has 2 N–H and O–H groups in total. The average Bonchev–Trinajstić information content (AvgIpc) is 2.79. The van der Waals surface area contributed by atoms with Crippen LogP contribution in [0.5, 0.6) is 0 Å². The number of hydrogen-bond acceptors (Lipinski definition) is 4. The highest BCUT2D eigenvalue weighted by molar-refractivity contribution is 7.71. The minimum atomic E-state index is -0.191. The number of amides is 1. The van der Waals surface area contributed by atoms with E-state index in [0.717, 1.165) is 37.5 Å². The molecular formula is C24H25ClN4O2S. The molecular weight excluding hydrogens is 444 g/mol. The van der Waals surface area contributed by atoms with Crippen LogP contribution in [0.3, 0.4) is 0 Å². The van der Waals surface area contributed by atoms with Crippen LogP contribution in [0.1, 0.15) is 28.8 Å². The Kier molecular flexibility index (Phi) is 6.89. The lowest BCUT2D eigenvalue weighted by atomic mass is 10.0. The molecule has 0 unspecified atom stereocenters. The lowest BCUT2D eigenvalue weighted by Crippen LogP contribution is -2.44. The van der Waals surface area contributed by atoms with E-state index in [1.165, 1.54) is 10.1 Å². The first-order chi connectivity index (χ1) is 15.4. The topological polar surface area (TPSA) is 70.1 Å². The van der Waals surface area contributed by atoms with Gasteiger partial charge in [-0.15, -0.1) is 6.58 Å². The maximum atomic E-state index is 12.8. The van der Waals surface area contributed by atoms with Crippen LogP contribution >= 0.6 is 23.8 Å². The highest BCUT2D eigenvalue weighted by atomic mass is 35.5. The third-order valence-electron chi connectivity index (χ3n) is 5.80. The Hall–Kier alpha value is -2.74. The van der Waals surface area contributed by atoms with Crippen LogP contribution in [0.4, 0.5) is 0 Å². The van der Waals surface area contributed by atoms with Gasteiger partial charge in [0.1, 0.15) is 0 Å². The van der Waals surface area contributed by atoms with E-state index in [9.17, 15) is 9.59 Å². The van der Waals surface area contributed by atoms with E-state index in [4.69, 9.17) is 23.8 Å². The van der Waals surface area contributed by atoms with Crippen LogP contribution in [0.25, 0.3) is 10.9 Å². The fourth-order valence-corrected chi connectivity index (χ4v) is 4.44. The van der Waals surface area contributed by atoms with Gasteiger partial charge in [-0.25, -0.2) is 0 Å². The SMILES string of the molecule is C=CCn1c(=S)[nH]c2cc(C(=O)NC3CCN(Cc4ccc(Cl)cc4)CC3)ccc2c1=O. The van der Waals surface area contributed by atoms with Crippen molar-refractivity contribution in [1.29, 1.82) is 0 Å². The molecule has 0 radical (unpaired) electrons. The van der Waals surface area contributed by atoms with Crippen LogP contribution in [-0.2, 0) is 13.1 Å². The molecule has 1 fully saturated rings. The number of fused-ring (bicyclic) bond motifs is 1. The molecule has 0 bridgehead atoms. The molecule has 8 heteroatoms. The second-order valence-corrected chi connectivity index (χ2v) is 8.87. The van der Waals surface area contributed by atoms with Crippen LogP contribution in [0.15, 0.2) is 59.9 Å². The summed E-state index contributed by atoms with van der Waals surface area (Å²) in [5.41, 5.74) is 2.11. The number of H-pyrrole nitrogens is 1. The molecule has 2 aromatic carbocycles. The minimum absolute atomic E-state index is 0.124. The van der Waals surface area contributed by atoms with E-state index in [0.29, 0.717) is 27.8 Å². The van der Waals surface area contributed by atoms with Crippen molar-refractivity contribution in [2.75, 3.05) is 13.1 Å². The molecule has 0 spiro atoms. The number of allylic oxidation sites excluding steroid dienone is 1. The fraction of sp³-hybridized carbons (Fsp3) is 0.292. The zero-order valence-corrected chi connectivity index (χ0v) is 19.2. The molecule has 1 amide bonds. The number of aromatic nitrogens is 2. The van der Waals surface area contributed by atoms with Gasteiger partial charge in [0.25, 0.3) is 11.5 Å². The number of likely N-dealkylation sites (tertiary alicyclic amines) is 1. The highest BCUT2D eigenvalue weighted by Crippen LogP contribution is 2.17. The Morgan fingerprint density at radius 1 is 1.22 bits per heavy atom. The number of benzene rings is 2. The Balaban J connectivity index is 1.39. The van der Waals surface area contributed by atoms with Gasteiger partial charge < -0.3 is 10.3 Å². The Morgan fingerprint density at radius 3 is 2.62 bits per heavy atom. The zero-order chi connectivity index (χ0) is 22.7. The van der Waals surface area contributed by atoms with Gasteiger partial charge in [-0.1, -0.05) is 29.8 Å². The quantitative estimate of drug-likeness (QED) is 0.418. The summed E-state index contributed by atoms with van der Waals surface area (Å²) in [4.78, 5) is 30.9. The van der Waals surface area contributed by atoms with E-state index in [-0.39, 0.29) is 17.5 Å². The second-order valence-electron chi connectivity index (χ2n) is 8.05. The van der Waals surface area contributed by atoms with Gasteiger partial charge in [0.05, 0.1) is 10.9 Å². The van der Waals surface area contributed by atoms with E-state index in [1.807, 2.05) is 24.3 Å². The largest absolute Gasteiger partial charge is 0.349 e. The van der Waals surface area contributed by atoms with Gasteiger partial charge in [-0.05, 0) is 61.0 Å². The Bertz CT molecular complexity index is 1260. The van der Waals surface area contributed by atoms with E-state index in [2.05, 4.69) is 21.8 Å². The lowest BCUT2D eigenvalue weighted by Gasteiger charge is -2.32. The Labute approximate surface area is 196 Å². The maximum Gasteiger partial charge on any atom is 0.262 e. The maximum absolute atomic E-state index is 12.8. The summed E-state index contributed by atoms with van der Waals surface area (Å²) in [5.74, 6) is -0.141. The van der Waals surface area contributed by atoms with Gasteiger partial charge in [0, 0.05) is 42.8 Å². The molecule has 3 aromatic rings. The summed E-state index contributed by atoms with van der Waals surface area (Å²) in [7, 11) is 0. The van der Waals surface area contributed by atoms with Crippen molar-refractivity contribution >= 4 is 40.6 Å². The van der Waals surface area contributed by atoms with Crippen LogP contribution < -0.4 is 10.9 Å². The van der Waals surface area contributed by atoms with Gasteiger partial charge in [0.2, 0.25) is 0 Å². The predicted octanol–water partition coefficient (Wildman–Crippen LogP) is 4.29. The lowest BCUT2D eigenvalue weighted by molar-refractivity contribution is 0.0909. The van der Waals surface area contributed by atoms with E-state index in [1.54, 1.807) is 24.3 Å². The first-order valence-electron chi connectivity index (χ1n) is 10.6. The molecule has 0 atom stereocenters. The summed E-state index contributed by atoms with van der Waals surface area (Å²) in [6.07, 6.45) is 3.41. The third kappa shape index (κ3) is 5.01. The molecule has 1 aliphatic rings. The normalized spacial score (nSPS) is 15.0. The van der Waals surface area contributed by atoms with Crippen LogP contribution in [-0.4, -0.2) is 39.5 Å². The number of halogens is 1. The Morgan fingerprint density at radius 2 is 1.94 bits per heavy atom. The summed E-state index contributed by atoms with van der Waals surface area (Å²) < 4.78 is 1.76. The molecule has 1 saturated heterocycles. The highest BCUT2D eigenvalue weighted by Gasteiger charge is 2.21. The molecule has 6 nitrogen and oxygen atoms in total. The fourth-order valence-electron chi connectivity index (χ4n) is 4.04. The van der Waals surface area contributed by atoms with Crippen molar-refractivity contribution in [3.63, 3.8) is 0 Å². The van der Waals surface area contributed by atoms with Crippen LogP contribution in [0, 0.1) is 4.77 Å². The number of nitrogens with zero attached hydrogens (tertiary/aromatic N) is 2. The van der Waals surface area contributed by atoms with Crippen molar-refractivity contribution in [1.82, 2.24) is 19.8 Å². The van der Waals surface area contributed by atoms with Crippen molar-refractivity contribution in [2.45, 2.75) is 32.0 Å². The van der Waals surface area contributed by atoms with Gasteiger partial charge >= 0.3 is 0 Å². The molecule has 0 saturated carbocycles. The van der Waals surface area contributed by atoms with Crippen molar-refractivity contribution in [3.8, 4) is 0 Å². The average molecular weight is 469 g/mol. The summed E-state index contributed by atoms with van der Waals surface area (Å²) in [6, 6.07) is 13.1. The van der Waals surface area contributed by atoms with Crippen molar-refractivity contribution < 1.29 is 4.79 Å². The molecule has 0 aliphatic carbocycles. The smallest absolute Gasteiger partial charge is 0.262 e. The second kappa shape index (κ2) is 9.81.